The van der Waals surface area contributed by atoms with Gasteiger partial charge in [-0.2, -0.15) is 4.98 Å². The van der Waals surface area contributed by atoms with E-state index in [0.717, 1.165) is 0 Å². The zero-order valence-corrected chi connectivity index (χ0v) is 10.3. The molecular weight excluding hydrogens is 276 g/mol. The molecular formula is C10H11ClN4O4. The summed E-state index contributed by atoms with van der Waals surface area (Å²) in [6.07, 6.45) is -3.49. The van der Waals surface area contributed by atoms with Crippen molar-refractivity contribution in [3.8, 4) is 0 Å². The second-order valence-corrected chi connectivity index (χ2v) is 4.74. The predicted molar refractivity (Wildman–Crippen MR) is 65.2 cm³/mol. The molecule has 2 aliphatic heterocycles. The van der Waals surface area contributed by atoms with E-state index in [1.165, 1.54) is 6.21 Å². The number of rotatable bonds is 1. The minimum Gasteiger partial charge on any atom is -0.387 e. The lowest BCUT2D eigenvalue weighted by Crippen LogP contribution is -2.35. The Balaban J connectivity index is 1.97. The lowest BCUT2D eigenvalue weighted by molar-refractivity contribution is -0.127. The van der Waals surface area contributed by atoms with Gasteiger partial charge in [0.15, 0.2) is 11.4 Å². The van der Waals surface area contributed by atoms with Crippen LogP contribution in [-0.4, -0.2) is 56.1 Å². The number of nitrogens with zero attached hydrogens (tertiary/aromatic N) is 3. The average Bonchev–Trinajstić information content (AvgIpc) is 2.86. The second-order valence-electron chi connectivity index (χ2n) is 4.38. The summed E-state index contributed by atoms with van der Waals surface area (Å²) in [7, 11) is 0. The summed E-state index contributed by atoms with van der Waals surface area (Å²) in [5, 5.41) is 28.9. The van der Waals surface area contributed by atoms with Gasteiger partial charge in [0.2, 0.25) is 5.95 Å². The van der Waals surface area contributed by atoms with E-state index in [9.17, 15) is 15.3 Å². The van der Waals surface area contributed by atoms with Crippen molar-refractivity contribution in [2.45, 2.75) is 30.5 Å². The van der Waals surface area contributed by atoms with Crippen LogP contribution in [0.4, 0.5) is 11.6 Å². The molecule has 3 rings (SSSR count). The number of fused-ring (bicyclic) bond motifs is 1. The molecule has 19 heavy (non-hydrogen) atoms. The first-order valence-electron chi connectivity index (χ1n) is 5.56. The molecule has 5 atom stereocenters. The number of hydrogen-bond acceptors (Lipinski definition) is 8. The van der Waals surface area contributed by atoms with E-state index in [-0.39, 0.29) is 11.1 Å². The highest BCUT2D eigenvalue weighted by Gasteiger charge is 2.47. The minimum atomic E-state index is -1.45. The highest BCUT2D eigenvalue weighted by molar-refractivity contribution is 6.32. The smallest absolute Gasteiger partial charge is 0.221 e. The fourth-order valence-corrected chi connectivity index (χ4v) is 2.49. The molecule has 102 valence electrons. The van der Waals surface area contributed by atoms with E-state index in [2.05, 4.69) is 15.0 Å². The first kappa shape index (κ1) is 12.7. The van der Waals surface area contributed by atoms with Gasteiger partial charge in [0.05, 0.1) is 11.6 Å². The third kappa shape index (κ3) is 1.88. The third-order valence-electron chi connectivity index (χ3n) is 3.19. The van der Waals surface area contributed by atoms with Crippen molar-refractivity contribution in [2.24, 2.45) is 4.99 Å². The van der Waals surface area contributed by atoms with Crippen LogP contribution >= 0.6 is 11.6 Å². The Bertz CT molecular complexity index is 555. The Morgan fingerprint density at radius 2 is 1.95 bits per heavy atom. The van der Waals surface area contributed by atoms with Crippen LogP contribution < -0.4 is 5.73 Å². The molecule has 0 saturated carbocycles. The molecule has 2 aliphatic rings. The maximum atomic E-state index is 9.85. The van der Waals surface area contributed by atoms with Gasteiger partial charge < -0.3 is 25.8 Å². The van der Waals surface area contributed by atoms with E-state index < -0.39 is 30.5 Å². The topological polar surface area (TPSA) is 134 Å². The summed E-state index contributed by atoms with van der Waals surface area (Å²) in [4.78, 5) is 11.9. The molecule has 0 aromatic carbocycles. The number of aliphatic imine (C=N–C) groups is 1. The standard InChI is InChI=1S/C10H11ClN4O4/c11-8-4-3(14-10(12)15-8)2(1-13-4)7-5(16)6(17)9(18)19-7/h1-2,5-7,9,16-18H,(H2,12,14,15)/t2?,5-,6+,7+,9+/m1/s1. The Morgan fingerprint density at radius 1 is 1.21 bits per heavy atom. The Labute approximate surface area is 112 Å². The number of anilines is 1. The molecule has 0 bridgehead atoms. The van der Waals surface area contributed by atoms with Crippen molar-refractivity contribution in [1.82, 2.24) is 9.97 Å². The lowest BCUT2D eigenvalue weighted by atomic mass is 9.95. The number of ether oxygens (including phenoxy) is 1. The maximum absolute atomic E-state index is 9.85. The molecule has 0 radical (unpaired) electrons. The van der Waals surface area contributed by atoms with Crippen LogP contribution in [0, 0.1) is 0 Å². The molecule has 0 aliphatic carbocycles. The Morgan fingerprint density at radius 3 is 2.58 bits per heavy atom. The van der Waals surface area contributed by atoms with Crippen LogP contribution in [0.25, 0.3) is 0 Å². The van der Waals surface area contributed by atoms with Gasteiger partial charge in [0.25, 0.3) is 0 Å². The van der Waals surface area contributed by atoms with Gasteiger partial charge in [0, 0.05) is 6.21 Å². The van der Waals surface area contributed by atoms with Crippen LogP contribution in [-0.2, 0) is 4.74 Å². The molecule has 0 amide bonds. The third-order valence-corrected chi connectivity index (χ3v) is 3.46. The number of nitrogen functional groups attached to an aromatic ring is 1. The molecule has 8 nitrogen and oxygen atoms in total. The molecule has 1 unspecified atom stereocenters. The maximum Gasteiger partial charge on any atom is 0.221 e. The first-order chi connectivity index (χ1) is 8.99. The molecule has 9 heteroatoms. The van der Waals surface area contributed by atoms with Crippen molar-refractivity contribution in [1.29, 1.82) is 0 Å². The number of aliphatic hydroxyl groups excluding tert-OH is 3. The number of aromatic nitrogens is 2. The SMILES string of the molecule is Nc1nc(Cl)c2c(n1)C([C@@H]1O[C@H](O)[C@@H](O)[C@H]1O)C=N2. The number of hydrogen-bond donors (Lipinski definition) is 4. The van der Waals surface area contributed by atoms with Crippen molar-refractivity contribution in [2.75, 3.05) is 5.73 Å². The van der Waals surface area contributed by atoms with Gasteiger partial charge in [-0.3, -0.25) is 4.99 Å². The molecule has 1 fully saturated rings. The number of halogens is 1. The zero-order chi connectivity index (χ0) is 13.7. The van der Waals surface area contributed by atoms with E-state index in [1.54, 1.807) is 0 Å². The van der Waals surface area contributed by atoms with Gasteiger partial charge in [-0.05, 0) is 0 Å². The molecule has 5 N–H and O–H groups in total. The van der Waals surface area contributed by atoms with Crippen LogP contribution in [0.2, 0.25) is 5.15 Å². The fraction of sp³-hybridized carbons (Fsp3) is 0.500. The highest BCUT2D eigenvalue weighted by atomic mass is 35.5. The summed E-state index contributed by atoms with van der Waals surface area (Å²) >= 11 is 5.89. The first-order valence-corrected chi connectivity index (χ1v) is 5.93. The van der Waals surface area contributed by atoms with Crippen LogP contribution in [0.5, 0.6) is 0 Å². The van der Waals surface area contributed by atoms with Crippen molar-refractivity contribution < 1.29 is 20.1 Å². The molecule has 1 saturated heterocycles. The minimum absolute atomic E-state index is 0.0205. The Hall–Kier alpha value is -1.32. The summed E-state index contributed by atoms with van der Waals surface area (Å²) < 4.78 is 5.13. The largest absolute Gasteiger partial charge is 0.387 e. The van der Waals surface area contributed by atoms with Crippen molar-refractivity contribution in [3.63, 3.8) is 0 Å². The Kier molecular flexibility index (Phi) is 2.91. The van der Waals surface area contributed by atoms with Gasteiger partial charge in [-0.25, -0.2) is 4.98 Å². The van der Waals surface area contributed by atoms with Gasteiger partial charge in [-0.1, -0.05) is 11.6 Å². The predicted octanol–water partition coefficient (Wildman–Crippen LogP) is -1.05. The molecule has 3 heterocycles. The zero-order valence-electron chi connectivity index (χ0n) is 9.51. The van der Waals surface area contributed by atoms with Crippen LogP contribution in [0.3, 0.4) is 0 Å². The van der Waals surface area contributed by atoms with E-state index in [1.807, 2.05) is 0 Å². The van der Waals surface area contributed by atoms with Crippen molar-refractivity contribution in [3.05, 3.63) is 10.8 Å². The number of nitrogens with two attached hydrogens (primary N) is 1. The molecule has 1 aromatic rings. The fourth-order valence-electron chi connectivity index (χ4n) is 2.26. The molecule has 0 spiro atoms. The second kappa shape index (κ2) is 4.36. The number of aliphatic hydroxyl groups is 3. The molecule has 1 aromatic heterocycles. The van der Waals surface area contributed by atoms with Gasteiger partial charge in [-0.15, -0.1) is 0 Å². The lowest BCUT2D eigenvalue weighted by Gasteiger charge is -2.19. The van der Waals surface area contributed by atoms with Gasteiger partial charge in [0.1, 0.15) is 24.0 Å². The highest BCUT2D eigenvalue weighted by Crippen LogP contribution is 2.41. The van der Waals surface area contributed by atoms with Crippen LogP contribution in [0.15, 0.2) is 4.99 Å². The van der Waals surface area contributed by atoms with E-state index in [4.69, 9.17) is 22.1 Å². The normalized spacial score (nSPS) is 36.7. The van der Waals surface area contributed by atoms with E-state index >= 15 is 0 Å². The monoisotopic (exact) mass is 286 g/mol. The summed E-state index contributed by atoms with van der Waals surface area (Å²) in [6.45, 7) is 0. The summed E-state index contributed by atoms with van der Waals surface area (Å²) in [5.41, 5.74) is 6.28. The van der Waals surface area contributed by atoms with Gasteiger partial charge >= 0.3 is 0 Å². The van der Waals surface area contributed by atoms with Crippen LogP contribution in [0.1, 0.15) is 11.6 Å². The van der Waals surface area contributed by atoms with Crippen molar-refractivity contribution >= 4 is 29.5 Å². The summed E-state index contributed by atoms with van der Waals surface area (Å²) in [5.74, 6) is -0.576. The quantitative estimate of drug-likeness (QED) is 0.484. The summed E-state index contributed by atoms with van der Waals surface area (Å²) in [6, 6.07) is 0. The average molecular weight is 287 g/mol. The van der Waals surface area contributed by atoms with E-state index in [0.29, 0.717) is 11.4 Å².